The van der Waals surface area contributed by atoms with Gasteiger partial charge in [-0.3, -0.25) is 0 Å². The Bertz CT molecular complexity index is 1780. The van der Waals surface area contributed by atoms with Crippen LogP contribution < -0.4 is 10.6 Å². The van der Waals surface area contributed by atoms with Crippen molar-refractivity contribution in [1.29, 1.82) is 0 Å². The van der Waals surface area contributed by atoms with Gasteiger partial charge in [0.15, 0.2) is 31.5 Å². The van der Waals surface area contributed by atoms with Crippen molar-refractivity contribution in [3.05, 3.63) is 0 Å². The summed E-state index contributed by atoms with van der Waals surface area (Å²) in [6.45, 7) is -1.01. The highest BCUT2D eigenvalue weighted by Crippen LogP contribution is 2.37. The summed E-state index contributed by atoms with van der Waals surface area (Å²) in [7, 11) is 0. The van der Waals surface area contributed by atoms with Crippen LogP contribution in [0.2, 0.25) is 0 Å². The summed E-state index contributed by atoms with van der Waals surface area (Å²) < 4.78 is 51.1. The fourth-order valence-electron chi connectivity index (χ4n) is 11.3. The van der Waals surface area contributed by atoms with Crippen molar-refractivity contribution in [1.82, 2.24) is 10.6 Å². The van der Waals surface area contributed by atoms with Gasteiger partial charge < -0.3 is 161 Å². The molecular weight excluding hydrogens is 1040 g/mol. The SMILES string of the molecule is C[C@H]1O[C@H](O[C@H]2[C@H](O)[C@@H](O)[C@@H](O[C@H]3[C@H](O)[C@@H](O)[C@H](O)O[C@@H]3CO)O[C@@H]2CO)[C@H](O)[C@@H](O)[C@@H]1N[C@H]1CC(CO)[C@@H](O[C@H]2O[C@H](CO)[C@@H](O[C@H]3O[C@H](C)[C@@H](N[C@H]4CC(CO)[C@@H](O)[C@H](O)[C@H]4O)[C@H](O)[C@H]3O)[C@H](O)[C@H]2O)[C@H](O)[C@H]1O. The Kier molecular flexibility index (Phi) is 21.6. The molecule has 23 N–H and O–H groups in total. The molecule has 0 spiro atoms. The van der Waals surface area contributed by atoms with Crippen LogP contribution in [-0.2, 0) is 42.6 Å². The first-order chi connectivity index (χ1) is 35.9. The molecule has 32 heteroatoms. The molecule has 7 rings (SSSR count). The van der Waals surface area contributed by atoms with E-state index in [2.05, 4.69) is 10.6 Å². The molecule has 35 atom stereocenters. The Labute approximate surface area is 433 Å². The van der Waals surface area contributed by atoms with Crippen molar-refractivity contribution in [3.8, 4) is 0 Å². The predicted octanol–water partition coefficient (Wildman–Crippen LogP) is -13.7. The minimum atomic E-state index is -2.03. The molecule has 0 amide bonds. The van der Waals surface area contributed by atoms with E-state index in [1.807, 2.05) is 0 Å². The first-order valence-electron chi connectivity index (χ1n) is 25.3. The fourth-order valence-corrected chi connectivity index (χ4v) is 11.3. The molecule has 2 aliphatic carbocycles. The van der Waals surface area contributed by atoms with Crippen LogP contribution in [0.25, 0.3) is 0 Å². The van der Waals surface area contributed by atoms with Crippen LogP contribution in [0.5, 0.6) is 0 Å². The third kappa shape index (κ3) is 12.5. The zero-order valence-electron chi connectivity index (χ0n) is 41.2. The molecule has 32 nitrogen and oxygen atoms in total. The molecule has 5 aliphatic heterocycles. The lowest BCUT2D eigenvalue weighted by atomic mass is 9.78. The maximum Gasteiger partial charge on any atom is 0.187 e. The van der Waals surface area contributed by atoms with Gasteiger partial charge in [-0.1, -0.05) is 0 Å². The standard InChI is InChI=1S/C44H78N2O30/c1-10-19(45-14-3-12(5-47)21(52)26(57)22(14)53)24(55)32(63)41(68-10)74-38-17(8-50)71-43(34(65)29(38)60)73-36-13(6-48)4-15(23(54)27(36)58)46-20-11(2)69-42(33(64)25(20)56)75-39-18(9-51)72-44(35(66)30(39)61)76-37-16(7-49)70-40(67)31(62)28(37)59/h10-67H,3-9H2,1-2H3/t10-,11-,12?,13?,14+,15+,16-,17-,18-,19-,20-,21-,22+,23+,24+,25+,26+,27-,28-,29-,30-,31-,32-,33-,34-,35-,36-,37-,38-,39-,40-,41-,42-,43-,44-/m1/s1. The van der Waals surface area contributed by atoms with Crippen LogP contribution in [0.3, 0.4) is 0 Å². The van der Waals surface area contributed by atoms with E-state index < -0.39 is 247 Å². The third-order valence-electron chi connectivity index (χ3n) is 15.9. The minimum Gasteiger partial charge on any atom is -0.396 e. The Morgan fingerprint density at radius 3 is 1.07 bits per heavy atom. The smallest absolute Gasteiger partial charge is 0.187 e. The van der Waals surface area contributed by atoms with E-state index in [1.165, 1.54) is 13.8 Å². The maximum atomic E-state index is 11.4. The number of nitrogens with one attached hydrogen (secondary N) is 2. The summed E-state index contributed by atoms with van der Waals surface area (Å²) in [5, 5.41) is 230. The molecule has 444 valence electrons. The fraction of sp³-hybridized carbons (Fsp3) is 1.00. The number of hydrogen-bond acceptors (Lipinski definition) is 32. The Morgan fingerprint density at radius 2 is 0.658 bits per heavy atom. The topological polar surface area (TPSA) is 532 Å². The summed E-state index contributed by atoms with van der Waals surface area (Å²) in [4.78, 5) is 0. The van der Waals surface area contributed by atoms with E-state index in [-0.39, 0.29) is 12.8 Å². The third-order valence-corrected chi connectivity index (χ3v) is 15.9. The first kappa shape index (κ1) is 62.3. The zero-order chi connectivity index (χ0) is 55.9. The highest BCUT2D eigenvalue weighted by atomic mass is 16.8. The summed E-state index contributed by atoms with van der Waals surface area (Å²) in [6.07, 6.45) is -50.0. The van der Waals surface area contributed by atoms with Gasteiger partial charge in [0, 0.05) is 37.1 Å². The van der Waals surface area contributed by atoms with Gasteiger partial charge >= 0.3 is 0 Å². The molecule has 5 heterocycles. The monoisotopic (exact) mass is 1110 g/mol. The van der Waals surface area contributed by atoms with Crippen LogP contribution in [0, 0.1) is 11.8 Å². The van der Waals surface area contributed by atoms with Gasteiger partial charge in [0.25, 0.3) is 0 Å². The predicted molar refractivity (Wildman–Crippen MR) is 240 cm³/mol. The molecule has 0 aromatic rings. The van der Waals surface area contributed by atoms with Crippen LogP contribution in [0.15, 0.2) is 0 Å². The molecule has 0 bridgehead atoms. The molecule has 5 saturated heterocycles. The van der Waals surface area contributed by atoms with Crippen molar-refractivity contribution < 1.29 is 150 Å². The van der Waals surface area contributed by atoms with Crippen LogP contribution >= 0.6 is 0 Å². The van der Waals surface area contributed by atoms with E-state index in [0.29, 0.717) is 0 Å². The lowest BCUT2D eigenvalue weighted by Gasteiger charge is -2.50. The van der Waals surface area contributed by atoms with Crippen molar-refractivity contribution in [2.75, 3.05) is 33.0 Å². The molecule has 0 radical (unpaired) electrons. The lowest BCUT2D eigenvalue weighted by molar-refractivity contribution is -0.374. The number of ether oxygens (including phenoxy) is 9. The van der Waals surface area contributed by atoms with E-state index in [0.717, 1.165) is 0 Å². The number of hydrogen-bond donors (Lipinski definition) is 23. The van der Waals surface area contributed by atoms with Crippen molar-refractivity contribution >= 4 is 0 Å². The summed E-state index contributed by atoms with van der Waals surface area (Å²) in [6, 6.07) is -4.54. The van der Waals surface area contributed by atoms with Gasteiger partial charge in [0.2, 0.25) is 0 Å². The average Bonchev–Trinajstić information content (AvgIpc) is 3.41. The highest BCUT2D eigenvalue weighted by Gasteiger charge is 2.57. The Balaban J connectivity index is 0.928. The average molecular weight is 1120 g/mol. The summed E-state index contributed by atoms with van der Waals surface area (Å²) >= 11 is 0. The number of aliphatic hydroxyl groups excluding tert-OH is 21. The maximum absolute atomic E-state index is 11.4. The second-order valence-corrected chi connectivity index (χ2v) is 20.8. The molecule has 7 aliphatic rings. The van der Waals surface area contributed by atoms with Crippen molar-refractivity contribution in [2.24, 2.45) is 11.8 Å². The van der Waals surface area contributed by atoms with Gasteiger partial charge in [-0.25, -0.2) is 0 Å². The summed E-state index contributed by atoms with van der Waals surface area (Å²) in [5.74, 6) is -1.91. The Hall–Kier alpha value is -1.28. The number of aliphatic hydroxyl groups is 21. The van der Waals surface area contributed by atoms with Crippen LogP contribution in [0.4, 0.5) is 0 Å². The second kappa shape index (κ2) is 26.3. The second-order valence-electron chi connectivity index (χ2n) is 20.8. The van der Waals surface area contributed by atoms with Gasteiger partial charge in [-0.15, -0.1) is 0 Å². The zero-order valence-corrected chi connectivity index (χ0v) is 41.2. The van der Waals surface area contributed by atoms with E-state index in [1.54, 1.807) is 0 Å². The van der Waals surface area contributed by atoms with Crippen molar-refractivity contribution in [2.45, 2.75) is 229 Å². The molecule has 0 aromatic carbocycles. The van der Waals surface area contributed by atoms with E-state index in [4.69, 9.17) is 42.6 Å². The quantitative estimate of drug-likeness (QED) is 0.0643. The highest BCUT2D eigenvalue weighted by molar-refractivity contribution is 5.05. The van der Waals surface area contributed by atoms with Crippen LogP contribution in [-0.4, -0.2) is 342 Å². The normalized spacial score (nSPS) is 54.6. The molecule has 2 saturated carbocycles. The van der Waals surface area contributed by atoms with E-state index in [9.17, 15) is 107 Å². The lowest BCUT2D eigenvalue weighted by Crippen LogP contribution is -2.70. The molecule has 0 aromatic heterocycles. The van der Waals surface area contributed by atoms with E-state index >= 15 is 0 Å². The first-order valence-corrected chi connectivity index (χ1v) is 25.3. The number of rotatable bonds is 17. The van der Waals surface area contributed by atoms with Gasteiger partial charge in [-0.2, -0.15) is 0 Å². The van der Waals surface area contributed by atoms with Crippen LogP contribution in [0.1, 0.15) is 26.7 Å². The summed E-state index contributed by atoms with van der Waals surface area (Å²) in [5.41, 5.74) is 0. The molecule has 2 unspecified atom stereocenters. The van der Waals surface area contributed by atoms with Gasteiger partial charge in [0.1, 0.15) is 110 Å². The Morgan fingerprint density at radius 1 is 0.329 bits per heavy atom. The minimum absolute atomic E-state index is 0.0271. The molecular formula is C44H78N2O30. The molecule has 76 heavy (non-hydrogen) atoms. The van der Waals surface area contributed by atoms with Gasteiger partial charge in [0.05, 0.1) is 68.5 Å². The van der Waals surface area contributed by atoms with Gasteiger partial charge in [-0.05, 0) is 26.7 Å². The largest absolute Gasteiger partial charge is 0.396 e. The molecule has 7 fully saturated rings. The van der Waals surface area contributed by atoms with Crippen molar-refractivity contribution in [3.63, 3.8) is 0 Å².